The molecule has 2 heterocycles. The van der Waals surface area contributed by atoms with Gasteiger partial charge in [-0.15, -0.1) is 0 Å². The maximum Gasteiger partial charge on any atom is 0.344 e. The van der Waals surface area contributed by atoms with E-state index in [9.17, 15) is 9.90 Å². The van der Waals surface area contributed by atoms with Gasteiger partial charge in [-0.1, -0.05) is 47.8 Å². The van der Waals surface area contributed by atoms with Gasteiger partial charge in [0.25, 0.3) is 0 Å². The van der Waals surface area contributed by atoms with Crippen LogP contribution >= 0.6 is 23.2 Å². The third-order valence-corrected chi connectivity index (χ3v) is 7.51. The van der Waals surface area contributed by atoms with Crippen molar-refractivity contribution >= 4 is 34.2 Å². The second-order valence-electron chi connectivity index (χ2n) is 9.57. The zero-order valence-electron chi connectivity index (χ0n) is 20.7. The van der Waals surface area contributed by atoms with Crippen LogP contribution in [0.4, 0.5) is 0 Å². The molecule has 0 bridgehead atoms. The van der Waals surface area contributed by atoms with Crippen LogP contribution < -0.4 is 10.4 Å². The number of phenolic OH excluding ortho intramolecular Hbond substituents is 1. The van der Waals surface area contributed by atoms with Crippen LogP contribution in [-0.2, 0) is 6.42 Å². The fourth-order valence-electron chi connectivity index (χ4n) is 4.94. The van der Waals surface area contributed by atoms with Crippen molar-refractivity contribution in [1.82, 2.24) is 4.90 Å². The zero-order chi connectivity index (χ0) is 25.9. The van der Waals surface area contributed by atoms with Crippen LogP contribution in [0.3, 0.4) is 0 Å². The summed E-state index contributed by atoms with van der Waals surface area (Å²) in [5.74, 6) is 0.893. The van der Waals surface area contributed by atoms with Crippen LogP contribution in [0.1, 0.15) is 36.0 Å². The Labute approximate surface area is 226 Å². The highest BCUT2D eigenvalue weighted by Gasteiger charge is 2.20. The summed E-state index contributed by atoms with van der Waals surface area (Å²) in [6.07, 6.45) is 4.33. The molecule has 4 aromatic rings. The molecule has 0 atom stereocenters. The summed E-state index contributed by atoms with van der Waals surface area (Å²) >= 11 is 12.6. The Morgan fingerprint density at radius 3 is 2.49 bits per heavy atom. The second-order valence-corrected chi connectivity index (χ2v) is 10.4. The molecule has 37 heavy (non-hydrogen) atoms. The van der Waals surface area contributed by atoms with E-state index in [0.717, 1.165) is 41.9 Å². The van der Waals surface area contributed by atoms with Gasteiger partial charge in [0.2, 0.25) is 0 Å². The third kappa shape index (κ3) is 5.80. The Bertz CT molecular complexity index is 1470. The van der Waals surface area contributed by atoms with E-state index in [0.29, 0.717) is 45.3 Å². The molecule has 192 valence electrons. The van der Waals surface area contributed by atoms with Gasteiger partial charge < -0.3 is 14.3 Å². The molecule has 3 aromatic carbocycles. The molecule has 1 aromatic heterocycles. The van der Waals surface area contributed by atoms with Crippen LogP contribution in [-0.4, -0.2) is 36.2 Å². The number of aromatic hydroxyl groups is 1. The molecule has 0 aliphatic carbocycles. The predicted octanol–water partition coefficient (Wildman–Crippen LogP) is 7.24. The average Bonchev–Trinajstić information content (AvgIpc) is 2.88. The number of nitrogens with zero attached hydrogens (tertiary/aromatic N) is 1. The van der Waals surface area contributed by atoms with Crippen molar-refractivity contribution in [2.45, 2.75) is 32.6 Å². The Kier molecular flexibility index (Phi) is 7.75. The molecule has 0 saturated carbocycles. The first kappa shape index (κ1) is 25.7. The van der Waals surface area contributed by atoms with Gasteiger partial charge in [0, 0.05) is 28.6 Å². The first-order valence-electron chi connectivity index (χ1n) is 12.6. The Balaban J connectivity index is 1.46. The first-order valence-corrected chi connectivity index (χ1v) is 13.3. The van der Waals surface area contributed by atoms with E-state index in [1.54, 1.807) is 18.2 Å². The molecular weight excluding hydrogens is 509 g/mol. The quantitative estimate of drug-likeness (QED) is 0.252. The Morgan fingerprint density at radius 2 is 1.76 bits per heavy atom. The van der Waals surface area contributed by atoms with Crippen molar-refractivity contribution in [3.05, 3.63) is 91.8 Å². The summed E-state index contributed by atoms with van der Waals surface area (Å²) in [5, 5.41) is 11.8. The van der Waals surface area contributed by atoms with E-state index in [1.807, 2.05) is 37.3 Å². The number of piperidine rings is 1. The van der Waals surface area contributed by atoms with Crippen LogP contribution in [0.5, 0.6) is 11.5 Å². The Hall–Kier alpha value is -2.99. The number of hydrogen-bond donors (Lipinski definition) is 1. The van der Waals surface area contributed by atoms with Crippen molar-refractivity contribution in [1.29, 1.82) is 0 Å². The lowest BCUT2D eigenvalue weighted by Crippen LogP contribution is -2.33. The lowest BCUT2D eigenvalue weighted by atomic mass is 9.92. The van der Waals surface area contributed by atoms with E-state index in [1.165, 1.54) is 25.3 Å². The van der Waals surface area contributed by atoms with Crippen molar-refractivity contribution < 1.29 is 14.3 Å². The molecule has 5 rings (SSSR count). The van der Waals surface area contributed by atoms with Crippen LogP contribution in [0.15, 0.2) is 63.8 Å². The van der Waals surface area contributed by atoms with Crippen molar-refractivity contribution in [3.8, 4) is 22.6 Å². The van der Waals surface area contributed by atoms with Crippen LogP contribution in [0.2, 0.25) is 10.0 Å². The number of rotatable bonds is 7. The molecule has 1 N–H and O–H groups in total. The van der Waals surface area contributed by atoms with Gasteiger partial charge in [-0.05, 0) is 86.3 Å². The number of ether oxygens (including phenoxy) is 1. The second kappa shape index (κ2) is 11.2. The van der Waals surface area contributed by atoms with E-state index in [2.05, 4.69) is 4.90 Å². The summed E-state index contributed by atoms with van der Waals surface area (Å²) in [6.45, 7) is 5.71. The van der Waals surface area contributed by atoms with E-state index < -0.39 is 5.63 Å². The molecule has 0 amide bonds. The number of aryl methyl sites for hydroxylation is 1. The molecule has 0 radical (unpaired) electrons. The third-order valence-electron chi connectivity index (χ3n) is 6.96. The minimum atomic E-state index is -0.521. The lowest BCUT2D eigenvalue weighted by molar-refractivity contribution is 0.183. The molecule has 1 fully saturated rings. The highest BCUT2D eigenvalue weighted by molar-refractivity contribution is 6.36. The van der Waals surface area contributed by atoms with Gasteiger partial charge >= 0.3 is 5.63 Å². The summed E-state index contributed by atoms with van der Waals surface area (Å²) in [7, 11) is 0. The number of hydrogen-bond acceptors (Lipinski definition) is 5. The maximum absolute atomic E-state index is 13.2. The van der Waals surface area contributed by atoms with Crippen molar-refractivity contribution in [2.24, 2.45) is 0 Å². The highest BCUT2D eigenvalue weighted by Crippen LogP contribution is 2.36. The molecule has 7 heteroatoms. The SMILES string of the molecule is Cc1cc2c(Cc3ccc(OCCN4CCCCC4)cc3)c(-c3ccc(Cl)cc3Cl)c(=O)oc2cc1O. The van der Waals surface area contributed by atoms with Crippen molar-refractivity contribution in [3.63, 3.8) is 0 Å². The topological polar surface area (TPSA) is 62.9 Å². The molecule has 1 saturated heterocycles. The molecular formula is C30H29Cl2NO4. The number of fused-ring (bicyclic) bond motifs is 1. The molecule has 1 aliphatic heterocycles. The summed E-state index contributed by atoms with van der Waals surface area (Å²) in [4.78, 5) is 15.7. The lowest BCUT2D eigenvalue weighted by Gasteiger charge is -2.26. The highest BCUT2D eigenvalue weighted by atomic mass is 35.5. The minimum absolute atomic E-state index is 0.0740. The fraction of sp³-hybridized carbons (Fsp3) is 0.300. The molecule has 5 nitrogen and oxygen atoms in total. The van der Waals surface area contributed by atoms with Gasteiger partial charge in [0.15, 0.2) is 0 Å². The number of benzene rings is 3. The molecule has 0 spiro atoms. The van der Waals surface area contributed by atoms with Gasteiger partial charge in [0.1, 0.15) is 23.7 Å². The normalized spacial score (nSPS) is 14.2. The van der Waals surface area contributed by atoms with Gasteiger partial charge in [-0.2, -0.15) is 0 Å². The summed E-state index contributed by atoms with van der Waals surface area (Å²) in [5.41, 5.74) is 3.22. The number of halogens is 2. The van der Waals surface area contributed by atoms with E-state index >= 15 is 0 Å². The van der Waals surface area contributed by atoms with E-state index in [-0.39, 0.29) is 5.75 Å². The van der Waals surface area contributed by atoms with Crippen LogP contribution in [0.25, 0.3) is 22.1 Å². The van der Waals surface area contributed by atoms with Gasteiger partial charge in [0.05, 0.1) is 10.6 Å². The Morgan fingerprint density at radius 1 is 1.00 bits per heavy atom. The van der Waals surface area contributed by atoms with Crippen molar-refractivity contribution in [2.75, 3.05) is 26.2 Å². The maximum atomic E-state index is 13.2. The van der Waals surface area contributed by atoms with E-state index in [4.69, 9.17) is 32.4 Å². The summed E-state index contributed by atoms with van der Waals surface area (Å²) < 4.78 is 11.6. The largest absolute Gasteiger partial charge is 0.508 e. The number of phenols is 1. The standard InChI is InChI=1S/C30H29Cl2NO4/c1-19-15-24-25(16-20-5-8-22(9-6-20)36-14-13-33-11-3-2-4-12-33)29(23-10-7-21(31)17-26(23)32)30(35)37-28(24)18-27(19)34/h5-10,15,17-18,34H,2-4,11-14,16H2,1H3. The van der Waals surface area contributed by atoms with Gasteiger partial charge in [-0.25, -0.2) is 4.79 Å². The predicted molar refractivity (Wildman–Crippen MR) is 149 cm³/mol. The fourth-order valence-corrected chi connectivity index (χ4v) is 5.44. The van der Waals surface area contributed by atoms with Crippen LogP contribution in [0, 0.1) is 6.92 Å². The monoisotopic (exact) mass is 537 g/mol. The minimum Gasteiger partial charge on any atom is -0.508 e. The zero-order valence-corrected chi connectivity index (χ0v) is 22.2. The smallest absolute Gasteiger partial charge is 0.344 e. The molecule has 0 unspecified atom stereocenters. The molecule has 1 aliphatic rings. The number of likely N-dealkylation sites (tertiary alicyclic amines) is 1. The first-order chi connectivity index (χ1) is 17.9. The van der Waals surface area contributed by atoms with Gasteiger partial charge in [-0.3, -0.25) is 4.90 Å². The summed E-state index contributed by atoms with van der Waals surface area (Å²) in [6, 6.07) is 16.3. The average molecular weight is 538 g/mol.